The molecule has 1 unspecified atom stereocenters. The van der Waals surface area contributed by atoms with Gasteiger partial charge in [-0.3, -0.25) is 9.69 Å². The number of likely N-dealkylation sites (N-methyl/N-ethyl adjacent to an activating group) is 1. The maximum absolute atomic E-state index is 13.6. The Morgan fingerprint density at radius 2 is 1.86 bits per heavy atom. The van der Waals surface area contributed by atoms with Crippen molar-refractivity contribution in [2.24, 2.45) is 0 Å². The lowest BCUT2D eigenvalue weighted by molar-refractivity contribution is -0.118. The summed E-state index contributed by atoms with van der Waals surface area (Å²) in [7, 11) is -1.76. The first kappa shape index (κ1) is 27.2. The van der Waals surface area contributed by atoms with Gasteiger partial charge in [0.05, 0.1) is 24.2 Å². The van der Waals surface area contributed by atoms with Gasteiger partial charge in [-0.1, -0.05) is 6.92 Å². The number of nitrogens with one attached hydrogen (secondary N) is 1. The molecule has 3 aliphatic heterocycles. The zero-order chi connectivity index (χ0) is 25.9. The van der Waals surface area contributed by atoms with Gasteiger partial charge >= 0.3 is 0 Å². The summed E-state index contributed by atoms with van der Waals surface area (Å²) in [4.78, 5) is 19.7. The largest absolute Gasteiger partial charge is 0.494 e. The third-order valence-electron chi connectivity index (χ3n) is 7.04. The van der Waals surface area contributed by atoms with Crippen LogP contribution < -0.4 is 10.1 Å². The van der Waals surface area contributed by atoms with Crippen LogP contribution in [0, 0.1) is 0 Å². The highest BCUT2D eigenvalue weighted by Crippen LogP contribution is 2.39. The van der Waals surface area contributed by atoms with E-state index in [-0.39, 0.29) is 10.8 Å². The minimum absolute atomic E-state index is 0.127. The quantitative estimate of drug-likeness (QED) is 0.455. The van der Waals surface area contributed by atoms with Gasteiger partial charge in [0.25, 0.3) is 5.91 Å². The van der Waals surface area contributed by atoms with Crippen LogP contribution >= 0.6 is 11.6 Å². The molecule has 1 aromatic carbocycles. The minimum Gasteiger partial charge on any atom is -0.494 e. The van der Waals surface area contributed by atoms with Crippen molar-refractivity contribution in [3.63, 3.8) is 0 Å². The second-order valence-electron chi connectivity index (χ2n) is 9.59. The summed E-state index contributed by atoms with van der Waals surface area (Å²) >= 11 is 5.81. The number of benzene rings is 1. The number of sulfonamides is 1. The van der Waals surface area contributed by atoms with E-state index >= 15 is 0 Å². The number of ether oxygens (including phenoxy) is 1. The van der Waals surface area contributed by atoms with E-state index in [0.717, 1.165) is 31.5 Å². The van der Waals surface area contributed by atoms with E-state index in [2.05, 4.69) is 22.0 Å². The standard InChI is InChI=1S/C25H38ClN5O4S/c1-4-10-30-17-21-23(27-25(32)24(21)28(3)18-30)20-16-19(7-8-22(20)35-5-2)36(33,34)31-14-12-29(13-15-31)11-6-9-26/h7-8,16,23H,4-6,9-15,17-18H2,1-3H3,(H,27,32). The summed E-state index contributed by atoms with van der Waals surface area (Å²) in [5.41, 5.74) is 2.32. The molecule has 200 valence electrons. The van der Waals surface area contributed by atoms with Crippen LogP contribution in [0.3, 0.4) is 0 Å². The third kappa shape index (κ3) is 5.52. The van der Waals surface area contributed by atoms with Crippen LogP contribution in [-0.2, 0) is 14.8 Å². The average Bonchev–Trinajstić information content (AvgIpc) is 3.20. The van der Waals surface area contributed by atoms with E-state index in [4.69, 9.17) is 16.3 Å². The van der Waals surface area contributed by atoms with Crippen LogP contribution in [0.2, 0.25) is 0 Å². The number of hydrogen-bond donors (Lipinski definition) is 1. The fourth-order valence-electron chi connectivity index (χ4n) is 5.37. The highest BCUT2D eigenvalue weighted by molar-refractivity contribution is 7.89. The minimum atomic E-state index is -3.69. The van der Waals surface area contributed by atoms with Crippen LogP contribution in [0.15, 0.2) is 34.4 Å². The molecule has 1 N–H and O–H groups in total. The molecule has 4 rings (SSSR count). The monoisotopic (exact) mass is 539 g/mol. The Balaban J connectivity index is 1.64. The van der Waals surface area contributed by atoms with Crippen LogP contribution in [-0.4, -0.2) is 105 Å². The summed E-state index contributed by atoms with van der Waals surface area (Å²) in [5, 5.41) is 3.10. The molecular formula is C25H38ClN5O4S. The van der Waals surface area contributed by atoms with Crippen molar-refractivity contribution in [2.45, 2.75) is 37.6 Å². The second-order valence-corrected chi connectivity index (χ2v) is 11.9. The first-order valence-corrected chi connectivity index (χ1v) is 14.8. The molecule has 11 heteroatoms. The lowest BCUT2D eigenvalue weighted by Crippen LogP contribution is -2.48. The van der Waals surface area contributed by atoms with Gasteiger partial charge in [-0.05, 0) is 56.6 Å². The molecule has 36 heavy (non-hydrogen) atoms. The molecule has 0 aromatic heterocycles. The lowest BCUT2D eigenvalue weighted by atomic mass is 9.97. The predicted molar refractivity (Wildman–Crippen MR) is 141 cm³/mol. The molecule has 0 aliphatic carbocycles. The van der Waals surface area contributed by atoms with Crippen molar-refractivity contribution < 1.29 is 17.9 Å². The molecule has 3 aliphatic rings. The number of alkyl halides is 1. The molecule has 0 saturated carbocycles. The van der Waals surface area contributed by atoms with E-state index in [9.17, 15) is 13.2 Å². The summed E-state index contributed by atoms with van der Waals surface area (Å²) in [6, 6.07) is 4.61. The molecule has 0 spiro atoms. The van der Waals surface area contributed by atoms with Gasteiger partial charge in [0.2, 0.25) is 10.0 Å². The Morgan fingerprint density at radius 1 is 1.11 bits per heavy atom. The maximum Gasteiger partial charge on any atom is 0.268 e. The Hall–Kier alpha value is -1.85. The predicted octanol–water partition coefficient (Wildman–Crippen LogP) is 2.06. The van der Waals surface area contributed by atoms with Crippen molar-refractivity contribution in [3.05, 3.63) is 35.0 Å². The number of halogens is 1. The summed E-state index contributed by atoms with van der Waals surface area (Å²) in [6.45, 7) is 9.89. The Bertz CT molecular complexity index is 1090. The average molecular weight is 540 g/mol. The summed E-state index contributed by atoms with van der Waals surface area (Å²) < 4.78 is 34.7. The molecule has 1 fully saturated rings. The highest BCUT2D eigenvalue weighted by atomic mass is 35.5. The summed E-state index contributed by atoms with van der Waals surface area (Å²) in [6.07, 6.45) is 1.91. The number of rotatable bonds is 10. The smallest absolute Gasteiger partial charge is 0.268 e. The van der Waals surface area contributed by atoms with E-state index in [1.54, 1.807) is 22.5 Å². The van der Waals surface area contributed by atoms with Gasteiger partial charge in [-0.15, -0.1) is 11.6 Å². The van der Waals surface area contributed by atoms with E-state index in [0.29, 0.717) is 68.9 Å². The normalized spacial score (nSPS) is 22.2. The first-order valence-electron chi connectivity index (χ1n) is 12.8. The van der Waals surface area contributed by atoms with Crippen LogP contribution in [0.4, 0.5) is 0 Å². The van der Waals surface area contributed by atoms with Crippen LogP contribution in [0.1, 0.15) is 38.3 Å². The number of piperazine rings is 1. The number of hydrogen-bond acceptors (Lipinski definition) is 7. The molecule has 0 bridgehead atoms. The molecule has 1 aromatic rings. The highest BCUT2D eigenvalue weighted by Gasteiger charge is 2.40. The van der Waals surface area contributed by atoms with Crippen LogP contribution in [0.25, 0.3) is 0 Å². The number of nitrogens with zero attached hydrogens (tertiary/aromatic N) is 4. The SMILES string of the molecule is CCCN1CC2=C(C(=O)NC2c2cc(S(=O)(=O)N3CCN(CCCCl)CC3)ccc2OCC)N(C)C1. The molecule has 0 radical (unpaired) electrons. The second kappa shape index (κ2) is 11.7. The number of carbonyl (C=O) groups is 1. The fraction of sp³-hybridized carbons (Fsp3) is 0.640. The van der Waals surface area contributed by atoms with Gasteiger partial charge in [-0.2, -0.15) is 4.31 Å². The zero-order valence-electron chi connectivity index (χ0n) is 21.5. The van der Waals surface area contributed by atoms with Crippen molar-refractivity contribution in [3.8, 4) is 5.75 Å². The molecular weight excluding hydrogens is 502 g/mol. The lowest BCUT2D eigenvalue weighted by Gasteiger charge is -2.35. The van der Waals surface area contributed by atoms with Gasteiger partial charge in [0.1, 0.15) is 11.4 Å². The van der Waals surface area contributed by atoms with Gasteiger partial charge in [-0.25, -0.2) is 8.42 Å². The van der Waals surface area contributed by atoms with Crippen molar-refractivity contribution >= 4 is 27.5 Å². The van der Waals surface area contributed by atoms with Crippen molar-refractivity contribution in [2.75, 3.05) is 72.0 Å². The van der Waals surface area contributed by atoms with Crippen molar-refractivity contribution in [1.82, 2.24) is 24.3 Å². The Labute approximate surface area is 220 Å². The van der Waals surface area contributed by atoms with Crippen LogP contribution in [0.5, 0.6) is 5.75 Å². The molecule has 9 nitrogen and oxygen atoms in total. The third-order valence-corrected chi connectivity index (χ3v) is 9.20. The topological polar surface area (TPSA) is 85.4 Å². The zero-order valence-corrected chi connectivity index (χ0v) is 23.1. The summed E-state index contributed by atoms with van der Waals surface area (Å²) in [5.74, 6) is 1.07. The van der Waals surface area contributed by atoms with E-state index in [1.165, 1.54) is 0 Å². The van der Waals surface area contributed by atoms with Crippen molar-refractivity contribution in [1.29, 1.82) is 0 Å². The van der Waals surface area contributed by atoms with E-state index in [1.807, 2.05) is 18.9 Å². The fourth-order valence-corrected chi connectivity index (χ4v) is 6.95. The molecule has 1 amide bonds. The van der Waals surface area contributed by atoms with Gasteiger partial charge in [0, 0.05) is 51.2 Å². The molecule has 3 heterocycles. The number of carbonyl (C=O) groups excluding carboxylic acids is 1. The van der Waals surface area contributed by atoms with E-state index < -0.39 is 16.1 Å². The molecule has 1 atom stereocenters. The van der Waals surface area contributed by atoms with Gasteiger partial charge < -0.3 is 19.9 Å². The maximum atomic E-state index is 13.6. The Kier molecular flexibility index (Phi) is 8.83. The Morgan fingerprint density at radius 3 is 2.53 bits per heavy atom. The van der Waals surface area contributed by atoms with Gasteiger partial charge in [0.15, 0.2) is 0 Å². The first-order chi connectivity index (χ1) is 17.3. The number of amides is 1. The molecule has 1 saturated heterocycles.